The second kappa shape index (κ2) is 7.72. The van der Waals surface area contributed by atoms with Crippen molar-refractivity contribution in [2.24, 2.45) is 46.3 Å². The molecule has 2 nitrogen and oxygen atoms in total. The van der Waals surface area contributed by atoms with Crippen LogP contribution in [0.4, 0.5) is 0 Å². The lowest BCUT2D eigenvalue weighted by molar-refractivity contribution is -0.167. The average molecular weight is 423 g/mol. The lowest BCUT2D eigenvalue weighted by Crippen LogP contribution is -2.55. The zero-order valence-electron chi connectivity index (χ0n) is 19.4. The largest absolute Gasteiger partial charge is 0.443 e. The normalized spacial score (nSPS) is 50.2. The van der Waals surface area contributed by atoms with Gasteiger partial charge in [0.15, 0.2) is 5.06 Å². The van der Waals surface area contributed by atoms with Crippen molar-refractivity contribution in [2.75, 3.05) is 0 Å². The van der Waals surface area contributed by atoms with E-state index in [1.54, 1.807) is 0 Å². The summed E-state index contributed by atoms with van der Waals surface area (Å²) >= 11 is 6.78. The predicted octanol–water partition coefficient (Wildman–Crippen LogP) is 7.58. The summed E-state index contributed by atoms with van der Waals surface area (Å²) in [5.74, 6) is 4.88. The van der Waals surface area contributed by atoms with Crippen molar-refractivity contribution < 1.29 is 9.53 Å². The van der Waals surface area contributed by atoms with E-state index in [4.69, 9.17) is 16.3 Å². The minimum absolute atomic E-state index is 0.232. The lowest BCUT2D eigenvalue weighted by Gasteiger charge is -2.62. The molecule has 0 unspecified atom stereocenters. The van der Waals surface area contributed by atoms with Crippen LogP contribution in [0, 0.1) is 46.3 Å². The van der Waals surface area contributed by atoms with Gasteiger partial charge in [-0.3, -0.25) is 4.79 Å². The van der Waals surface area contributed by atoms with Gasteiger partial charge >= 0.3 is 5.97 Å². The zero-order chi connectivity index (χ0) is 21.0. The van der Waals surface area contributed by atoms with E-state index in [0.717, 1.165) is 48.9 Å². The Bertz CT molecular complexity index is 634. The van der Waals surface area contributed by atoms with E-state index >= 15 is 0 Å². The molecule has 0 amide bonds. The molecule has 0 saturated heterocycles. The Labute approximate surface area is 183 Å². The number of rotatable bonds is 4. The highest BCUT2D eigenvalue weighted by molar-refractivity contribution is 6.23. The van der Waals surface area contributed by atoms with Crippen molar-refractivity contribution in [3.63, 3.8) is 0 Å². The quantitative estimate of drug-likeness (QED) is 0.344. The molecule has 4 saturated carbocycles. The topological polar surface area (TPSA) is 26.3 Å². The Kier molecular flexibility index (Phi) is 5.85. The molecule has 29 heavy (non-hydrogen) atoms. The van der Waals surface area contributed by atoms with E-state index in [2.05, 4.69) is 27.7 Å². The van der Waals surface area contributed by atoms with Crippen LogP contribution >= 0.6 is 11.6 Å². The molecule has 0 aromatic heterocycles. The van der Waals surface area contributed by atoms with E-state index in [0.29, 0.717) is 16.7 Å². The second-order valence-electron chi connectivity index (χ2n) is 11.8. The summed E-state index contributed by atoms with van der Waals surface area (Å²) in [6, 6.07) is 0. The molecule has 0 aromatic rings. The summed E-state index contributed by atoms with van der Waals surface area (Å²) in [4.78, 5) is 11.6. The maximum atomic E-state index is 11.6. The number of esters is 1. The van der Waals surface area contributed by atoms with Gasteiger partial charge in [-0.25, -0.2) is 0 Å². The average Bonchev–Trinajstić information content (AvgIpc) is 2.99. The Hall–Kier alpha value is -0.240. The Morgan fingerprint density at radius 3 is 2.45 bits per heavy atom. The molecule has 3 heteroatoms. The van der Waals surface area contributed by atoms with Gasteiger partial charge in [0.2, 0.25) is 0 Å². The third kappa shape index (κ3) is 3.58. The maximum absolute atomic E-state index is 11.6. The first-order chi connectivity index (χ1) is 13.6. The summed E-state index contributed by atoms with van der Waals surface area (Å²) in [6.07, 6.45) is 13.9. The molecule has 0 bridgehead atoms. The van der Waals surface area contributed by atoms with Crippen LogP contribution in [-0.4, -0.2) is 11.0 Å². The summed E-state index contributed by atoms with van der Waals surface area (Å²) in [5.41, 5.74) is 0.956. The Balaban J connectivity index is 1.52. The van der Waals surface area contributed by atoms with Crippen molar-refractivity contribution in [3.8, 4) is 0 Å². The van der Waals surface area contributed by atoms with Crippen LogP contribution in [0.15, 0.2) is 0 Å². The van der Waals surface area contributed by atoms with E-state index in [1.807, 2.05) is 0 Å². The van der Waals surface area contributed by atoms with Gasteiger partial charge in [0, 0.05) is 19.8 Å². The van der Waals surface area contributed by atoms with Gasteiger partial charge in [-0.2, -0.15) is 0 Å². The fourth-order valence-electron chi connectivity index (χ4n) is 9.17. The fourth-order valence-corrected chi connectivity index (χ4v) is 9.56. The summed E-state index contributed by atoms with van der Waals surface area (Å²) in [7, 11) is 0. The first-order valence-corrected chi connectivity index (χ1v) is 12.9. The molecule has 0 spiro atoms. The molecular weight excluding hydrogens is 380 g/mol. The first kappa shape index (κ1) is 22.0. The predicted molar refractivity (Wildman–Crippen MR) is 120 cm³/mol. The molecule has 0 aliphatic heterocycles. The van der Waals surface area contributed by atoms with Crippen molar-refractivity contribution in [2.45, 2.75) is 110 Å². The molecule has 4 aliphatic rings. The van der Waals surface area contributed by atoms with Crippen molar-refractivity contribution in [1.29, 1.82) is 0 Å². The molecule has 9 atom stereocenters. The van der Waals surface area contributed by atoms with Gasteiger partial charge in [-0.05, 0) is 91.3 Å². The lowest BCUT2D eigenvalue weighted by atomic mass is 9.44. The van der Waals surface area contributed by atoms with E-state index < -0.39 is 5.06 Å². The highest BCUT2D eigenvalue weighted by Gasteiger charge is 2.61. The molecule has 4 aliphatic carbocycles. The number of fused-ring (bicyclic) bond motifs is 5. The smallest absolute Gasteiger partial charge is 0.304 e. The van der Waals surface area contributed by atoms with E-state index in [9.17, 15) is 4.79 Å². The third-order valence-electron chi connectivity index (χ3n) is 10.5. The number of hydrogen-bond acceptors (Lipinski definition) is 2. The van der Waals surface area contributed by atoms with Crippen LogP contribution in [0.1, 0.15) is 105 Å². The fraction of sp³-hybridized carbons (Fsp3) is 0.962. The minimum atomic E-state index is -0.750. The van der Waals surface area contributed by atoms with Gasteiger partial charge in [-0.15, -0.1) is 0 Å². The highest BCUT2D eigenvalue weighted by Crippen LogP contribution is 2.69. The minimum Gasteiger partial charge on any atom is -0.443 e. The molecule has 0 aromatic carbocycles. The van der Waals surface area contributed by atoms with Crippen molar-refractivity contribution >= 4 is 17.6 Å². The standard InChI is InChI=1S/C26H43ClO2/c1-6-7-17(2)21-10-11-22-20-9-8-19-16-26(27,29-18(3)28)15-14-24(19,4)23(20)12-13-25(21,22)5/h17,19-23H,6-16H2,1-5H3/t17-,19-,20+,21-,22+,23+,24+,25-,26+/m1/s1. The SMILES string of the molecule is CCC[C@@H](C)[C@H]1CC[C@H]2[C@@H]3CC[C@@H]4C[C@@](Cl)(OC(C)=O)CC[C@]4(C)[C@H]3CC[C@]12C. The van der Waals surface area contributed by atoms with E-state index in [1.165, 1.54) is 58.3 Å². The Morgan fingerprint density at radius 2 is 1.76 bits per heavy atom. The van der Waals surface area contributed by atoms with Crippen LogP contribution in [0.25, 0.3) is 0 Å². The van der Waals surface area contributed by atoms with Crippen LogP contribution in [-0.2, 0) is 9.53 Å². The highest BCUT2D eigenvalue weighted by atomic mass is 35.5. The van der Waals surface area contributed by atoms with Crippen LogP contribution in [0.5, 0.6) is 0 Å². The molecular formula is C26H43ClO2. The number of ether oxygens (including phenoxy) is 1. The van der Waals surface area contributed by atoms with Gasteiger partial charge in [0.1, 0.15) is 0 Å². The van der Waals surface area contributed by atoms with Crippen molar-refractivity contribution in [3.05, 3.63) is 0 Å². The summed E-state index contributed by atoms with van der Waals surface area (Å²) in [6.45, 7) is 11.6. The number of halogens is 1. The molecule has 4 rings (SSSR count). The Morgan fingerprint density at radius 1 is 1.03 bits per heavy atom. The monoisotopic (exact) mass is 422 g/mol. The van der Waals surface area contributed by atoms with E-state index in [-0.39, 0.29) is 5.97 Å². The van der Waals surface area contributed by atoms with Crippen LogP contribution in [0.3, 0.4) is 0 Å². The van der Waals surface area contributed by atoms with Gasteiger partial charge in [0.05, 0.1) is 0 Å². The molecule has 0 N–H and O–H groups in total. The third-order valence-corrected chi connectivity index (χ3v) is 10.9. The number of hydrogen-bond donors (Lipinski definition) is 0. The first-order valence-electron chi connectivity index (χ1n) is 12.5. The van der Waals surface area contributed by atoms with Gasteiger partial charge < -0.3 is 4.74 Å². The number of carbonyl (C=O) groups is 1. The number of alkyl halides is 1. The zero-order valence-corrected chi connectivity index (χ0v) is 20.2. The summed E-state index contributed by atoms with van der Waals surface area (Å²) < 4.78 is 5.58. The van der Waals surface area contributed by atoms with Gasteiger partial charge in [0.25, 0.3) is 0 Å². The number of carbonyl (C=O) groups excluding carboxylic acids is 1. The maximum Gasteiger partial charge on any atom is 0.304 e. The molecule has 0 radical (unpaired) electrons. The molecule has 4 fully saturated rings. The van der Waals surface area contributed by atoms with Crippen LogP contribution < -0.4 is 0 Å². The van der Waals surface area contributed by atoms with Crippen molar-refractivity contribution in [1.82, 2.24) is 0 Å². The molecule has 166 valence electrons. The second-order valence-corrected chi connectivity index (χ2v) is 12.5. The van der Waals surface area contributed by atoms with Crippen LogP contribution in [0.2, 0.25) is 0 Å². The summed E-state index contributed by atoms with van der Waals surface area (Å²) in [5, 5.41) is -0.750. The molecule has 0 heterocycles. The van der Waals surface area contributed by atoms with Gasteiger partial charge in [-0.1, -0.05) is 52.1 Å².